The van der Waals surface area contributed by atoms with E-state index in [4.69, 9.17) is 0 Å². The van der Waals surface area contributed by atoms with Gasteiger partial charge in [-0.15, -0.1) is 0 Å². The first-order valence-electron chi connectivity index (χ1n) is 6.35. The maximum absolute atomic E-state index is 4.10. The lowest BCUT2D eigenvalue weighted by Crippen LogP contribution is -2.13. The number of hydrogen-bond acceptors (Lipinski definition) is 0. The smallest absolute Gasteiger partial charge is 0.203 e. The molecular formula is C17H20N+. The summed E-state index contributed by atoms with van der Waals surface area (Å²) in [6.07, 6.45) is 0. The highest BCUT2D eigenvalue weighted by molar-refractivity contribution is 5.66. The van der Waals surface area contributed by atoms with Crippen LogP contribution in [0, 0.1) is 6.92 Å². The highest BCUT2D eigenvalue weighted by Crippen LogP contribution is 2.26. The molecular weight excluding hydrogens is 218 g/mol. The minimum absolute atomic E-state index is 0.409. The highest BCUT2D eigenvalue weighted by Gasteiger charge is 2.14. The maximum atomic E-state index is 4.10. The van der Waals surface area contributed by atoms with Crippen LogP contribution in [0.5, 0.6) is 0 Å². The summed E-state index contributed by atoms with van der Waals surface area (Å²) in [7, 11) is 0. The number of hydrogen-bond donors (Lipinski definition) is 0. The molecule has 2 rings (SSSR count). The molecule has 0 aliphatic rings. The molecule has 0 saturated carbocycles. The van der Waals surface area contributed by atoms with E-state index in [-0.39, 0.29) is 0 Å². The molecule has 0 N–H and O–H groups in total. The first kappa shape index (κ1) is 12.6. The third-order valence-electron chi connectivity index (χ3n) is 3.24. The Kier molecular flexibility index (Phi) is 3.61. The molecule has 1 heteroatoms. The maximum Gasteiger partial charge on any atom is 0.207 e. The first-order valence-corrected chi connectivity index (χ1v) is 6.35. The van der Waals surface area contributed by atoms with Gasteiger partial charge in [0.1, 0.15) is 6.72 Å². The molecule has 0 spiro atoms. The minimum Gasteiger partial charge on any atom is -0.203 e. The van der Waals surface area contributed by atoms with Crippen LogP contribution in [-0.2, 0) is 0 Å². The molecule has 0 bridgehead atoms. The van der Waals surface area contributed by atoms with Crippen LogP contribution >= 0.6 is 0 Å². The van der Waals surface area contributed by atoms with Crippen molar-refractivity contribution < 1.29 is 4.58 Å². The summed E-state index contributed by atoms with van der Waals surface area (Å²) in [6, 6.07) is 17.4. The number of benzene rings is 2. The molecule has 18 heavy (non-hydrogen) atoms. The predicted molar refractivity (Wildman–Crippen MR) is 78.8 cm³/mol. The van der Waals surface area contributed by atoms with Crippen molar-refractivity contribution in [2.24, 2.45) is 0 Å². The van der Waals surface area contributed by atoms with E-state index >= 15 is 0 Å². The zero-order valence-corrected chi connectivity index (χ0v) is 11.4. The molecule has 0 unspecified atom stereocenters. The molecule has 0 aromatic heterocycles. The monoisotopic (exact) mass is 238 g/mol. The summed E-state index contributed by atoms with van der Waals surface area (Å²) in [6.45, 7) is 10.5. The van der Waals surface area contributed by atoms with Crippen LogP contribution in [0.1, 0.15) is 19.4 Å². The van der Waals surface area contributed by atoms with Crippen LogP contribution in [0.25, 0.3) is 11.1 Å². The highest BCUT2D eigenvalue weighted by atomic mass is 15.0. The fourth-order valence-electron chi connectivity index (χ4n) is 2.07. The van der Waals surface area contributed by atoms with Crippen molar-refractivity contribution in [1.29, 1.82) is 0 Å². The largest absolute Gasteiger partial charge is 0.207 e. The molecule has 0 atom stereocenters. The third kappa shape index (κ3) is 2.51. The van der Waals surface area contributed by atoms with Gasteiger partial charge < -0.3 is 0 Å². The van der Waals surface area contributed by atoms with Crippen LogP contribution in [0.4, 0.5) is 5.69 Å². The van der Waals surface area contributed by atoms with Gasteiger partial charge >= 0.3 is 0 Å². The van der Waals surface area contributed by atoms with Crippen molar-refractivity contribution in [1.82, 2.24) is 0 Å². The van der Waals surface area contributed by atoms with E-state index in [1.165, 1.54) is 22.4 Å². The van der Waals surface area contributed by atoms with Gasteiger partial charge in [0, 0.05) is 11.6 Å². The zero-order valence-electron chi connectivity index (χ0n) is 11.4. The van der Waals surface area contributed by atoms with E-state index in [0.29, 0.717) is 6.04 Å². The standard InChI is InChI=1S/C17H20N/c1-13(2)18(4)17-11-10-16(12-14(17)3)15-8-6-5-7-9-15/h5-13H,4H2,1-3H3/q+1. The van der Waals surface area contributed by atoms with Crippen LogP contribution in [-0.4, -0.2) is 17.3 Å². The Morgan fingerprint density at radius 1 is 0.944 bits per heavy atom. The van der Waals surface area contributed by atoms with Gasteiger partial charge in [-0.1, -0.05) is 30.3 Å². The van der Waals surface area contributed by atoms with Crippen molar-refractivity contribution in [3.05, 3.63) is 54.1 Å². The van der Waals surface area contributed by atoms with Gasteiger partial charge in [0.25, 0.3) is 0 Å². The first-order chi connectivity index (χ1) is 8.59. The lowest BCUT2D eigenvalue weighted by atomic mass is 10.0. The average molecular weight is 238 g/mol. The molecule has 0 radical (unpaired) electrons. The predicted octanol–water partition coefficient (Wildman–Crippen LogP) is 4.42. The van der Waals surface area contributed by atoms with Crippen molar-refractivity contribution in [3.63, 3.8) is 0 Å². The van der Waals surface area contributed by atoms with Gasteiger partial charge in [0.2, 0.25) is 5.69 Å². The molecule has 0 fully saturated rings. The Balaban J connectivity index is 2.40. The number of aryl methyl sites for hydroxylation is 1. The normalized spacial score (nSPS) is 10.7. The Morgan fingerprint density at radius 2 is 1.61 bits per heavy atom. The van der Waals surface area contributed by atoms with Gasteiger partial charge in [0.15, 0.2) is 6.04 Å². The fourth-order valence-corrected chi connectivity index (χ4v) is 2.07. The molecule has 0 aliphatic carbocycles. The SMILES string of the molecule is C=[N+](c1ccc(-c2ccccc2)cc1C)C(C)C. The fraction of sp³-hybridized carbons (Fsp3) is 0.235. The molecule has 0 heterocycles. The van der Waals surface area contributed by atoms with Crippen molar-refractivity contribution >= 4 is 12.4 Å². The second-order valence-electron chi connectivity index (χ2n) is 4.93. The van der Waals surface area contributed by atoms with Crippen LogP contribution in [0.3, 0.4) is 0 Å². The lowest BCUT2D eigenvalue weighted by molar-refractivity contribution is -0.467. The lowest BCUT2D eigenvalue weighted by Gasteiger charge is -2.09. The van der Waals surface area contributed by atoms with Gasteiger partial charge in [-0.05, 0) is 44.0 Å². The molecule has 92 valence electrons. The van der Waals surface area contributed by atoms with E-state index in [2.05, 4.69) is 74.5 Å². The molecule has 2 aromatic rings. The second kappa shape index (κ2) is 5.18. The third-order valence-corrected chi connectivity index (χ3v) is 3.24. The van der Waals surface area contributed by atoms with Crippen molar-refractivity contribution in [3.8, 4) is 11.1 Å². The summed E-state index contributed by atoms with van der Waals surface area (Å²) >= 11 is 0. The summed E-state index contributed by atoms with van der Waals surface area (Å²) < 4.78 is 2.06. The molecule has 0 aliphatic heterocycles. The van der Waals surface area contributed by atoms with Crippen molar-refractivity contribution in [2.45, 2.75) is 26.8 Å². The molecule has 1 nitrogen and oxygen atoms in total. The topological polar surface area (TPSA) is 3.01 Å². The van der Waals surface area contributed by atoms with Gasteiger partial charge in [-0.25, -0.2) is 4.58 Å². The minimum atomic E-state index is 0.409. The summed E-state index contributed by atoms with van der Waals surface area (Å²) in [5.41, 5.74) is 4.98. The summed E-state index contributed by atoms with van der Waals surface area (Å²) in [5, 5.41) is 0. The Bertz CT molecular complexity index is 553. The summed E-state index contributed by atoms with van der Waals surface area (Å²) in [4.78, 5) is 0. The van der Waals surface area contributed by atoms with Crippen LogP contribution in [0.15, 0.2) is 48.5 Å². The molecule has 0 saturated heterocycles. The number of rotatable bonds is 3. The van der Waals surface area contributed by atoms with E-state index in [1.54, 1.807) is 0 Å². The van der Waals surface area contributed by atoms with E-state index in [9.17, 15) is 0 Å². The average Bonchev–Trinajstić information content (AvgIpc) is 2.38. The van der Waals surface area contributed by atoms with Crippen LogP contribution in [0.2, 0.25) is 0 Å². The number of nitrogens with zero attached hydrogens (tertiary/aromatic N) is 1. The Morgan fingerprint density at radius 3 is 2.17 bits per heavy atom. The zero-order chi connectivity index (χ0) is 13.1. The quantitative estimate of drug-likeness (QED) is 0.550. The molecule has 2 aromatic carbocycles. The van der Waals surface area contributed by atoms with Crippen LogP contribution < -0.4 is 0 Å². The van der Waals surface area contributed by atoms with E-state index in [0.717, 1.165) is 0 Å². The molecule has 0 amide bonds. The Labute approximate surface area is 109 Å². The van der Waals surface area contributed by atoms with Gasteiger partial charge in [-0.2, -0.15) is 0 Å². The van der Waals surface area contributed by atoms with Gasteiger partial charge in [-0.3, -0.25) is 0 Å². The Hall–Kier alpha value is -1.89. The van der Waals surface area contributed by atoms with Crippen molar-refractivity contribution in [2.75, 3.05) is 0 Å². The second-order valence-corrected chi connectivity index (χ2v) is 4.93. The van der Waals surface area contributed by atoms with E-state index in [1.807, 2.05) is 6.07 Å². The van der Waals surface area contributed by atoms with Gasteiger partial charge in [0.05, 0.1) is 0 Å². The van der Waals surface area contributed by atoms with E-state index < -0.39 is 0 Å². The summed E-state index contributed by atoms with van der Waals surface area (Å²) in [5.74, 6) is 0.